The molecule has 0 spiro atoms. The fraction of sp³-hybridized carbons (Fsp3) is 1.00. The van der Waals surface area contributed by atoms with Crippen molar-refractivity contribution in [3.8, 4) is 0 Å². The van der Waals surface area contributed by atoms with E-state index in [2.05, 4.69) is 4.72 Å². The van der Waals surface area contributed by atoms with E-state index in [1.165, 1.54) is 0 Å². The van der Waals surface area contributed by atoms with Crippen molar-refractivity contribution in [1.82, 2.24) is 4.72 Å². The molecule has 1 N–H and O–H groups in total. The molecule has 0 aromatic heterocycles. The van der Waals surface area contributed by atoms with Gasteiger partial charge >= 0.3 is 0 Å². The average Bonchev–Trinajstić information content (AvgIpc) is 1.97. The van der Waals surface area contributed by atoms with Crippen LogP contribution in [0.3, 0.4) is 0 Å². The monoisotopic (exact) mass is 211 g/mol. The maximum atomic E-state index is 11.2. The van der Waals surface area contributed by atoms with Crippen molar-refractivity contribution in [2.75, 3.05) is 11.6 Å². The van der Waals surface area contributed by atoms with Crippen LogP contribution in [0.15, 0.2) is 0 Å². The third kappa shape index (κ3) is 2.12. The Hall–Kier alpha value is 0.200. The highest BCUT2D eigenvalue weighted by Gasteiger charge is 2.38. The molecule has 1 fully saturated rings. The quantitative estimate of drug-likeness (QED) is 0.708. The molecule has 0 atom stereocenters. The molecule has 0 aliphatic heterocycles. The van der Waals surface area contributed by atoms with E-state index in [0.717, 1.165) is 19.3 Å². The normalized spacial score (nSPS) is 21.8. The fourth-order valence-corrected chi connectivity index (χ4v) is 2.76. The van der Waals surface area contributed by atoms with Gasteiger partial charge in [-0.1, -0.05) is 0 Å². The maximum Gasteiger partial charge on any atom is 0.211 e. The van der Waals surface area contributed by atoms with Crippen molar-refractivity contribution >= 4 is 21.6 Å². The number of rotatable bonds is 4. The topological polar surface area (TPSA) is 46.2 Å². The first-order valence-corrected chi connectivity index (χ1v) is 6.30. The highest BCUT2D eigenvalue weighted by Crippen LogP contribution is 2.33. The molecule has 1 saturated carbocycles. The molecule has 12 heavy (non-hydrogen) atoms. The molecule has 1 rings (SSSR count). The Kier molecular flexibility index (Phi) is 3.01. The molecule has 0 aromatic rings. The summed E-state index contributed by atoms with van der Waals surface area (Å²) in [7, 11) is -3.08. The van der Waals surface area contributed by atoms with Gasteiger partial charge in [0.25, 0.3) is 0 Å². The van der Waals surface area contributed by atoms with Gasteiger partial charge in [-0.3, -0.25) is 0 Å². The molecule has 0 bridgehead atoms. The highest BCUT2D eigenvalue weighted by atomic mass is 35.5. The van der Waals surface area contributed by atoms with Crippen LogP contribution in [0, 0.1) is 0 Å². The Morgan fingerprint density at radius 1 is 1.50 bits per heavy atom. The van der Waals surface area contributed by atoms with Gasteiger partial charge < -0.3 is 0 Å². The lowest BCUT2D eigenvalue weighted by Gasteiger charge is -2.40. The van der Waals surface area contributed by atoms with Gasteiger partial charge in [-0.2, -0.15) is 0 Å². The van der Waals surface area contributed by atoms with Crippen LogP contribution in [0.2, 0.25) is 0 Å². The second kappa shape index (κ2) is 3.52. The Morgan fingerprint density at radius 2 is 2.08 bits per heavy atom. The van der Waals surface area contributed by atoms with Crippen LogP contribution in [0.4, 0.5) is 0 Å². The van der Waals surface area contributed by atoms with Gasteiger partial charge in [-0.15, -0.1) is 11.6 Å². The van der Waals surface area contributed by atoms with Crippen LogP contribution in [0.5, 0.6) is 0 Å². The number of sulfonamides is 1. The van der Waals surface area contributed by atoms with Crippen molar-refractivity contribution < 1.29 is 8.42 Å². The predicted octanol–water partition coefficient (Wildman–Crippen LogP) is 1.09. The predicted molar refractivity (Wildman–Crippen MR) is 49.9 cm³/mol. The van der Waals surface area contributed by atoms with Crippen LogP contribution in [-0.4, -0.2) is 25.6 Å². The summed E-state index contributed by atoms with van der Waals surface area (Å²) < 4.78 is 25.0. The average molecular weight is 212 g/mol. The lowest BCUT2D eigenvalue weighted by atomic mass is 9.79. The molecule has 3 nitrogen and oxygen atoms in total. The van der Waals surface area contributed by atoms with Crippen LogP contribution in [0.1, 0.15) is 26.2 Å². The van der Waals surface area contributed by atoms with Crippen LogP contribution in [-0.2, 0) is 10.0 Å². The van der Waals surface area contributed by atoms with E-state index in [1.807, 2.05) is 0 Å². The van der Waals surface area contributed by atoms with E-state index < -0.39 is 10.0 Å². The van der Waals surface area contributed by atoms with Crippen LogP contribution >= 0.6 is 11.6 Å². The molecule has 0 amide bonds. The van der Waals surface area contributed by atoms with E-state index >= 15 is 0 Å². The molecular formula is C7H14ClNO2S. The summed E-state index contributed by atoms with van der Waals surface area (Å²) in [4.78, 5) is 0. The summed E-state index contributed by atoms with van der Waals surface area (Å²) in [5, 5.41) is 0. The standard InChI is InChI=1S/C7H14ClNO2S/c1-2-12(10,11)9-7(6-8)4-3-5-7/h9H,2-6H2,1H3. The van der Waals surface area contributed by atoms with Gasteiger partial charge in [0.1, 0.15) is 0 Å². The Labute approximate surface area is 78.5 Å². The maximum absolute atomic E-state index is 11.2. The second-order valence-electron chi connectivity index (χ2n) is 3.27. The van der Waals surface area contributed by atoms with Crippen molar-refractivity contribution in [1.29, 1.82) is 0 Å². The van der Waals surface area contributed by atoms with Gasteiger partial charge in [0, 0.05) is 11.4 Å². The van der Waals surface area contributed by atoms with Crippen molar-refractivity contribution in [2.24, 2.45) is 0 Å². The van der Waals surface area contributed by atoms with Gasteiger partial charge in [0.2, 0.25) is 10.0 Å². The van der Waals surface area contributed by atoms with Crippen LogP contribution < -0.4 is 4.72 Å². The van der Waals surface area contributed by atoms with Gasteiger partial charge in [-0.05, 0) is 26.2 Å². The molecule has 1 aliphatic rings. The minimum atomic E-state index is -3.08. The van der Waals surface area contributed by atoms with Gasteiger partial charge in [-0.25, -0.2) is 13.1 Å². The van der Waals surface area contributed by atoms with Crippen LogP contribution in [0.25, 0.3) is 0 Å². The number of nitrogens with one attached hydrogen (secondary N) is 1. The molecule has 0 radical (unpaired) electrons. The molecule has 5 heteroatoms. The SMILES string of the molecule is CCS(=O)(=O)NC1(CCl)CCC1. The highest BCUT2D eigenvalue weighted by molar-refractivity contribution is 7.89. The first kappa shape index (κ1) is 10.3. The molecule has 72 valence electrons. The largest absolute Gasteiger partial charge is 0.212 e. The number of halogens is 1. The lowest BCUT2D eigenvalue weighted by molar-refractivity contribution is 0.252. The summed E-state index contributed by atoms with van der Waals surface area (Å²) in [6, 6.07) is 0. The molecular weight excluding hydrogens is 198 g/mol. The smallest absolute Gasteiger partial charge is 0.211 e. The zero-order valence-electron chi connectivity index (χ0n) is 7.14. The van der Waals surface area contributed by atoms with Gasteiger partial charge in [0.15, 0.2) is 0 Å². The number of hydrogen-bond donors (Lipinski definition) is 1. The van der Waals surface area contributed by atoms with E-state index in [9.17, 15) is 8.42 Å². The van der Waals surface area contributed by atoms with Gasteiger partial charge in [0.05, 0.1) is 5.75 Å². The van der Waals surface area contributed by atoms with Crippen molar-refractivity contribution in [3.05, 3.63) is 0 Å². The first-order chi connectivity index (χ1) is 5.54. The van der Waals surface area contributed by atoms with Crippen molar-refractivity contribution in [2.45, 2.75) is 31.7 Å². The molecule has 1 aliphatic carbocycles. The number of alkyl halides is 1. The zero-order chi connectivity index (χ0) is 9.24. The Balaban J connectivity index is 2.60. The summed E-state index contributed by atoms with van der Waals surface area (Å²) in [5.74, 6) is 0.512. The third-order valence-corrected chi connectivity index (χ3v) is 4.33. The molecule has 0 heterocycles. The fourth-order valence-electron chi connectivity index (χ4n) is 1.27. The Morgan fingerprint density at radius 3 is 2.33 bits per heavy atom. The summed E-state index contributed by atoms with van der Waals surface area (Å²) in [6.07, 6.45) is 2.81. The molecule has 0 aromatic carbocycles. The van der Waals surface area contributed by atoms with E-state index in [-0.39, 0.29) is 11.3 Å². The molecule has 0 unspecified atom stereocenters. The second-order valence-corrected chi connectivity index (χ2v) is 5.55. The third-order valence-electron chi connectivity index (χ3n) is 2.32. The Bertz CT molecular complexity index is 241. The summed E-state index contributed by atoms with van der Waals surface area (Å²) >= 11 is 5.70. The minimum Gasteiger partial charge on any atom is -0.212 e. The van der Waals surface area contributed by atoms with E-state index in [4.69, 9.17) is 11.6 Å². The summed E-state index contributed by atoms with van der Waals surface area (Å²) in [5.41, 5.74) is -0.323. The first-order valence-electron chi connectivity index (χ1n) is 4.11. The van der Waals surface area contributed by atoms with E-state index in [1.54, 1.807) is 6.92 Å². The van der Waals surface area contributed by atoms with E-state index in [0.29, 0.717) is 5.88 Å². The zero-order valence-corrected chi connectivity index (χ0v) is 8.71. The minimum absolute atomic E-state index is 0.131. The van der Waals surface area contributed by atoms with Crippen molar-refractivity contribution in [3.63, 3.8) is 0 Å². The lowest BCUT2D eigenvalue weighted by Crippen LogP contribution is -2.55. The molecule has 0 saturated heterocycles. The number of hydrogen-bond acceptors (Lipinski definition) is 2. The summed E-state index contributed by atoms with van der Waals surface area (Å²) in [6.45, 7) is 1.63.